The maximum Gasteiger partial charge on any atom is 0.194 e. The van der Waals surface area contributed by atoms with Gasteiger partial charge in [0.15, 0.2) is 23.0 Å². The Balaban J connectivity index is 1.48. The van der Waals surface area contributed by atoms with Crippen LogP contribution in [0.2, 0.25) is 0 Å². The van der Waals surface area contributed by atoms with Gasteiger partial charge >= 0.3 is 0 Å². The highest BCUT2D eigenvalue weighted by molar-refractivity contribution is 6.13. The van der Waals surface area contributed by atoms with E-state index in [1.807, 2.05) is 54.6 Å². The smallest absolute Gasteiger partial charge is 0.194 e. The fourth-order valence-corrected chi connectivity index (χ4v) is 5.16. The number of rotatable bonds is 1. The molecule has 0 amide bonds. The number of aromatic nitrogens is 1. The molecule has 3 heterocycles. The van der Waals surface area contributed by atoms with Crippen LogP contribution in [0.3, 0.4) is 0 Å². The third-order valence-corrected chi connectivity index (χ3v) is 6.65. The molecule has 7 aromatic rings. The van der Waals surface area contributed by atoms with E-state index in [1.54, 1.807) is 0 Å². The molecule has 0 atom stereocenters. The van der Waals surface area contributed by atoms with Gasteiger partial charge in [0, 0.05) is 27.2 Å². The Morgan fingerprint density at radius 2 is 1.24 bits per heavy atom. The van der Waals surface area contributed by atoms with Crippen molar-refractivity contribution < 1.29 is 13.9 Å². The topological polar surface area (TPSA) is 36.5 Å². The largest absolute Gasteiger partial charge is 0.456 e. The molecule has 34 heavy (non-hydrogen) atoms. The summed E-state index contributed by atoms with van der Waals surface area (Å²) in [5, 5.41) is 4.48. The minimum absolute atomic E-state index is 0.713. The van der Waals surface area contributed by atoms with E-state index in [0.29, 0.717) is 5.75 Å². The van der Waals surface area contributed by atoms with Gasteiger partial charge in [-0.25, -0.2) is 0 Å². The highest BCUT2D eigenvalue weighted by Crippen LogP contribution is 2.50. The third kappa shape index (κ3) is 2.32. The lowest BCUT2D eigenvalue weighted by Gasteiger charge is -2.22. The first kappa shape index (κ1) is 17.8. The first-order valence-corrected chi connectivity index (χ1v) is 11.3. The SMILES string of the molecule is c1ccc2c(c1)Oc1ccc3c4ccccc4n(-c4ccc5oc6ccccc6c5c4)c3c1O2. The summed E-state index contributed by atoms with van der Waals surface area (Å²) in [6.45, 7) is 0. The van der Waals surface area contributed by atoms with Crippen LogP contribution in [0.15, 0.2) is 108 Å². The molecule has 4 nitrogen and oxygen atoms in total. The van der Waals surface area contributed by atoms with Crippen LogP contribution in [0.5, 0.6) is 23.0 Å². The molecule has 160 valence electrons. The van der Waals surface area contributed by atoms with Gasteiger partial charge in [0.25, 0.3) is 0 Å². The van der Waals surface area contributed by atoms with E-state index in [-0.39, 0.29) is 0 Å². The number of fused-ring (bicyclic) bond motifs is 9. The summed E-state index contributed by atoms with van der Waals surface area (Å²) in [6, 6.07) is 34.9. The summed E-state index contributed by atoms with van der Waals surface area (Å²) in [5.74, 6) is 2.88. The van der Waals surface area contributed by atoms with Crippen LogP contribution in [0.1, 0.15) is 0 Å². The highest BCUT2D eigenvalue weighted by atomic mass is 16.6. The lowest BCUT2D eigenvalue weighted by molar-refractivity contribution is 0.362. The molecule has 1 aliphatic heterocycles. The normalized spacial score (nSPS) is 12.6. The number of para-hydroxylation sites is 4. The molecule has 1 aliphatic rings. The van der Waals surface area contributed by atoms with Crippen LogP contribution in [-0.4, -0.2) is 4.57 Å². The summed E-state index contributed by atoms with van der Waals surface area (Å²) in [4.78, 5) is 0. The number of nitrogens with zero attached hydrogens (tertiary/aromatic N) is 1. The second-order valence-corrected chi connectivity index (χ2v) is 8.57. The molecule has 0 radical (unpaired) electrons. The summed E-state index contributed by atoms with van der Waals surface area (Å²) >= 11 is 0. The van der Waals surface area contributed by atoms with Gasteiger partial charge in [-0.05, 0) is 54.6 Å². The van der Waals surface area contributed by atoms with Crippen LogP contribution >= 0.6 is 0 Å². The number of hydrogen-bond acceptors (Lipinski definition) is 3. The molecule has 2 aromatic heterocycles. The second-order valence-electron chi connectivity index (χ2n) is 8.57. The van der Waals surface area contributed by atoms with Crippen molar-refractivity contribution in [3.63, 3.8) is 0 Å². The number of ether oxygens (including phenoxy) is 2. The fraction of sp³-hybridized carbons (Fsp3) is 0. The van der Waals surface area contributed by atoms with E-state index in [9.17, 15) is 0 Å². The molecule has 5 aromatic carbocycles. The highest BCUT2D eigenvalue weighted by Gasteiger charge is 2.25. The van der Waals surface area contributed by atoms with Crippen molar-refractivity contribution in [3.8, 4) is 28.7 Å². The van der Waals surface area contributed by atoms with Crippen LogP contribution in [0.4, 0.5) is 0 Å². The molecule has 0 fully saturated rings. The number of hydrogen-bond donors (Lipinski definition) is 0. The van der Waals surface area contributed by atoms with E-state index >= 15 is 0 Å². The first-order valence-electron chi connectivity index (χ1n) is 11.3. The molecule has 0 N–H and O–H groups in total. The Morgan fingerprint density at radius 3 is 2.15 bits per heavy atom. The Labute approximate surface area is 194 Å². The Bertz CT molecular complexity index is 1930. The predicted molar refractivity (Wildman–Crippen MR) is 135 cm³/mol. The lowest BCUT2D eigenvalue weighted by atomic mass is 10.1. The minimum atomic E-state index is 0.713. The van der Waals surface area contributed by atoms with E-state index < -0.39 is 0 Å². The van der Waals surface area contributed by atoms with Gasteiger partial charge in [0.2, 0.25) is 0 Å². The molecule has 0 saturated heterocycles. The van der Waals surface area contributed by atoms with Gasteiger partial charge in [-0.2, -0.15) is 0 Å². The Hall–Kier alpha value is -4.70. The molecule has 0 aliphatic carbocycles. The van der Waals surface area contributed by atoms with Gasteiger partial charge in [0.05, 0.1) is 5.52 Å². The van der Waals surface area contributed by atoms with Crippen molar-refractivity contribution in [1.82, 2.24) is 4.57 Å². The van der Waals surface area contributed by atoms with Crippen molar-refractivity contribution in [1.29, 1.82) is 0 Å². The molecular formula is C30H17NO3. The van der Waals surface area contributed by atoms with Gasteiger partial charge in [0.1, 0.15) is 16.7 Å². The van der Waals surface area contributed by atoms with E-state index in [2.05, 4.69) is 53.1 Å². The summed E-state index contributed by atoms with van der Waals surface area (Å²) in [5.41, 5.74) is 4.91. The molecule has 0 bridgehead atoms. The molecule has 0 saturated carbocycles. The van der Waals surface area contributed by atoms with Crippen LogP contribution in [-0.2, 0) is 0 Å². The van der Waals surface area contributed by atoms with Crippen molar-refractivity contribution >= 4 is 43.7 Å². The zero-order chi connectivity index (χ0) is 22.2. The van der Waals surface area contributed by atoms with Crippen molar-refractivity contribution in [2.75, 3.05) is 0 Å². The van der Waals surface area contributed by atoms with Crippen LogP contribution in [0, 0.1) is 0 Å². The van der Waals surface area contributed by atoms with Crippen LogP contribution in [0.25, 0.3) is 49.4 Å². The zero-order valence-corrected chi connectivity index (χ0v) is 18.0. The third-order valence-electron chi connectivity index (χ3n) is 6.65. The summed E-state index contributed by atoms with van der Waals surface area (Å²) in [6.07, 6.45) is 0. The van der Waals surface area contributed by atoms with Crippen molar-refractivity contribution in [2.45, 2.75) is 0 Å². The van der Waals surface area contributed by atoms with Gasteiger partial charge in [-0.15, -0.1) is 0 Å². The van der Waals surface area contributed by atoms with E-state index in [4.69, 9.17) is 13.9 Å². The maximum absolute atomic E-state index is 6.46. The molecule has 0 spiro atoms. The Kier molecular flexibility index (Phi) is 3.36. The van der Waals surface area contributed by atoms with Crippen LogP contribution < -0.4 is 9.47 Å². The predicted octanol–water partition coefficient (Wildman–Crippen LogP) is 8.58. The standard InChI is InChI=1S/C30H17NO3/c1-3-9-23-19(7-1)21-14-16-28-30(34-27-12-6-5-11-26(27)33-28)29(21)31(23)18-13-15-25-22(17-18)20-8-2-4-10-24(20)32-25/h1-17H. The average Bonchev–Trinajstić information content (AvgIpc) is 3.43. The van der Waals surface area contributed by atoms with Gasteiger partial charge in [-0.1, -0.05) is 48.5 Å². The zero-order valence-electron chi connectivity index (χ0n) is 18.0. The van der Waals surface area contributed by atoms with Crippen molar-refractivity contribution in [3.05, 3.63) is 103 Å². The Morgan fingerprint density at radius 1 is 0.500 bits per heavy atom. The van der Waals surface area contributed by atoms with Crippen molar-refractivity contribution in [2.24, 2.45) is 0 Å². The summed E-state index contributed by atoms with van der Waals surface area (Å²) in [7, 11) is 0. The van der Waals surface area contributed by atoms with Gasteiger partial charge in [-0.3, -0.25) is 0 Å². The number of benzene rings is 5. The fourth-order valence-electron chi connectivity index (χ4n) is 5.16. The summed E-state index contributed by atoms with van der Waals surface area (Å²) < 4.78 is 21.0. The first-order chi connectivity index (χ1) is 16.8. The molecule has 4 heteroatoms. The molecule has 0 unspecified atom stereocenters. The average molecular weight is 439 g/mol. The quantitative estimate of drug-likeness (QED) is 0.257. The van der Waals surface area contributed by atoms with E-state index in [1.165, 1.54) is 5.39 Å². The minimum Gasteiger partial charge on any atom is -0.456 e. The monoisotopic (exact) mass is 439 g/mol. The number of furan rings is 1. The van der Waals surface area contributed by atoms with Gasteiger partial charge < -0.3 is 18.5 Å². The lowest BCUT2D eigenvalue weighted by Crippen LogP contribution is -2.02. The molecule has 8 rings (SSSR count). The maximum atomic E-state index is 6.46. The second kappa shape index (κ2) is 6.42. The van der Waals surface area contributed by atoms with E-state index in [0.717, 1.165) is 61.3 Å². The molecular weight excluding hydrogens is 422 g/mol.